The fourth-order valence-electron chi connectivity index (χ4n) is 1.17. The van der Waals surface area contributed by atoms with Gasteiger partial charge in [-0.05, 0) is 12.1 Å². The van der Waals surface area contributed by atoms with Crippen LogP contribution in [0.15, 0.2) is 24.3 Å². The number of nitrogen functional groups attached to an aromatic ring is 1. The van der Waals surface area contributed by atoms with Crippen LogP contribution in [-0.2, 0) is 0 Å². The summed E-state index contributed by atoms with van der Waals surface area (Å²) in [6.07, 6.45) is 0.586. The minimum Gasteiger partial charge on any atom is -0.383 e. The second kappa shape index (κ2) is 2.82. The lowest BCUT2D eigenvalue weighted by atomic mass is 10.2. The first-order chi connectivity index (χ1) is 6.31. The number of anilines is 1. The number of carbonyl (C=O) groups excluding carboxylic acids is 1. The summed E-state index contributed by atoms with van der Waals surface area (Å²) in [4.78, 5) is 18.2. The van der Waals surface area contributed by atoms with E-state index < -0.39 is 0 Å². The van der Waals surface area contributed by atoms with Crippen molar-refractivity contribution >= 4 is 23.0 Å². The van der Waals surface area contributed by atoms with Gasteiger partial charge in [0.25, 0.3) is 0 Å². The molecule has 1 heterocycles. The monoisotopic (exact) mass is 173 g/mol. The van der Waals surface area contributed by atoms with Crippen LogP contribution in [0.4, 0.5) is 5.82 Å². The highest BCUT2D eigenvalue weighted by molar-refractivity contribution is 5.89. The number of nitrogens with two attached hydrogens (primary N) is 1. The number of hydrogen-bond donors (Lipinski definition) is 1. The van der Waals surface area contributed by atoms with Crippen molar-refractivity contribution in [3.05, 3.63) is 30.1 Å². The van der Waals surface area contributed by atoms with Gasteiger partial charge in [0.05, 0.1) is 5.52 Å². The first-order valence-corrected chi connectivity index (χ1v) is 3.78. The van der Waals surface area contributed by atoms with Gasteiger partial charge in [-0.1, -0.05) is 12.1 Å². The van der Waals surface area contributed by atoms with Gasteiger partial charge in [0.15, 0.2) is 12.1 Å². The molecule has 2 rings (SSSR count). The summed E-state index contributed by atoms with van der Waals surface area (Å²) >= 11 is 0. The van der Waals surface area contributed by atoms with Gasteiger partial charge >= 0.3 is 0 Å². The molecule has 0 unspecified atom stereocenters. The van der Waals surface area contributed by atoms with Crippen molar-refractivity contribution < 1.29 is 4.79 Å². The van der Waals surface area contributed by atoms with Gasteiger partial charge in [-0.2, -0.15) is 0 Å². The van der Waals surface area contributed by atoms with Crippen LogP contribution in [-0.4, -0.2) is 16.3 Å². The normalized spacial score (nSPS) is 10.2. The van der Waals surface area contributed by atoms with Crippen LogP contribution in [0.1, 0.15) is 10.6 Å². The minimum absolute atomic E-state index is 0.121. The lowest BCUT2D eigenvalue weighted by Gasteiger charge is -1.99. The fraction of sp³-hybridized carbons (Fsp3) is 0. The molecule has 2 N–H and O–H groups in total. The van der Waals surface area contributed by atoms with Crippen LogP contribution in [0.25, 0.3) is 10.9 Å². The zero-order chi connectivity index (χ0) is 9.26. The molecule has 0 aliphatic heterocycles. The third-order valence-corrected chi connectivity index (χ3v) is 1.76. The van der Waals surface area contributed by atoms with E-state index in [0.717, 1.165) is 5.39 Å². The molecule has 0 fully saturated rings. The average molecular weight is 173 g/mol. The molecule has 0 atom stereocenters. The predicted octanol–water partition coefficient (Wildman–Crippen LogP) is 1.02. The number of benzene rings is 1. The van der Waals surface area contributed by atoms with Crippen LogP contribution in [0, 0.1) is 0 Å². The Kier molecular flexibility index (Phi) is 1.66. The maximum absolute atomic E-state index is 10.4. The van der Waals surface area contributed by atoms with Crippen LogP contribution >= 0.6 is 0 Å². The third-order valence-electron chi connectivity index (χ3n) is 1.76. The van der Waals surface area contributed by atoms with E-state index in [0.29, 0.717) is 17.6 Å². The first-order valence-electron chi connectivity index (χ1n) is 3.78. The quantitative estimate of drug-likeness (QED) is 0.654. The number of carbonyl (C=O) groups is 1. The molecular formula is C9H7N3O. The molecular weight excluding hydrogens is 166 g/mol. The molecule has 1 aromatic carbocycles. The van der Waals surface area contributed by atoms with Gasteiger partial charge in [0.1, 0.15) is 5.82 Å². The zero-order valence-corrected chi connectivity index (χ0v) is 6.77. The summed E-state index contributed by atoms with van der Waals surface area (Å²) in [5.74, 6) is 0.462. The largest absolute Gasteiger partial charge is 0.383 e. The minimum atomic E-state index is 0.121. The Labute approximate surface area is 74.4 Å². The van der Waals surface area contributed by atoms with Crippen molar-refractivity contribution in [1.29, 1.82) is 0 Å². The Hall–Kier alpha value is -1.97. The molecule has 0 amide bonds. The van der Waals surface area contributed by atoms with Gasteiger partial charge in [-0.25, -0.2) is 9.97 Å². The Morgan fingerprint density at radius 2 is 2.00 bits per heavy atom. The topological polar surface area (TPSA) is 68.9 Å². The smallest absolute Gasteiger partial charge is 0.195 e. The highest BCUT2D eigenvalue weighted by Crippen LogP contribution is 2.15. The maximum Gasteiger partial charge on any atom is 0.195 e. The molecule has 4 nitrogen and oxygen atoms in total. The molecule has 0 aliphatic rings. The van der Waals surface area contributed by atoms with Crippen molar-refractivity contribution in [2.45, 2.75) is 0 Å². The van der Waals surface area contributed by atoms with Crippen LogP contribution in [0.5, 0.6) is 0 Å². The number of para-hydroxylation sites is 1. The van der Waals surface area contributed by atoms with E-state index in [2.05, 4.69) is 9.97 Å². The summed E-state index contributed by atoms with van der Waals surface area (Å²) in [5, 5.41) is 0.771. The van der Waals surface area contributed by atoms with Crippen molar-refractivity contribution in [3.8, 4) is 0 Å². The van der Waals surface area contributed by atoms with Crippen LogP contribution < -0.4 is 5.73 Å². The number of hydrogen-bond acceptors (Lipinski definition) is 4. The number of aldehydes is 1. The Bertz CT molecular complexity index is 467. The maximum atomic E-state index is 10.4. The highest BCUT2D eigenvalue weighted by atomic mass is 16.1. The number of rotatable bonds is 1. The second-order valence-electron chi connectivity index (χ2n) is 2.60. The standard InChI is InChI=1S/C9H7N3O/c10-9-6-3-1-2-4-7(6)11-8(5-13)12-9/h1-5H,(H2,10,11,12). The van der Waals surface area contributed by atoms with Crippen molar-refractivity contribution in [1.82, 2.24) is 9.97 Å². The van der Waals surface area contributed by atoms with Gasteiger partial charge in [-0.3, -0.25) is 4.79 Å². The molecule has 1 aromatic heterocycles. The molecule has 0 saturated carbocycles. The van der Waals surface area contributed by atoms with E-state index >= 15 is 0 Å². The van der Waals surface area contributed by atoms with Gasteiger partial charge in [0.2, 0.25) is 0 Å². The fourth-order valence-corrected chi connectivity index (χ4v) is 1.17. The highest BCUT2D eigenvalue weighted by Gasteiger charge is 2.02. The van der Waals surface area contributed by atoms with E-state index in [1.165, 1.54) is 0 Å². The van der Waals surface area contributed by atoms with E-state index in [1.54, 1.807) is 6.07 Å². The second-order valence-corrected chi connectivity index (χ2v) is 2.60. The molecule has 4 heteroatoms. The van der Waals surface area contributed by atoms with E-state index in [-0.39, 0.29) is 5.82 Å². The van der Waals surface area contributed by atoms with E-state index in [9.17, 15) is 4.79 Å². The molecule has 0 saturated heterocycles. The van der Waals surface area contributed by atoms with Gasteiger partial charge < -0.3 is 5.73 Å². The van der Waals surface area contributed by atoms with Gasteiger partial charge in [-0.15, -0.1) is 0 Å². The summed E-state index contributed by atoms with van der Waals surface area (Å²) in [7, 11) is 0. The van der Waals surface area contributed by atoms with E-state index in [4.69, 9.17) is 5.73 Å². The first kappa shape index (κ1) is 7.67. The molecule has 64 valence electrons. The summed E-state index contributed by atoms with van der Waals surface area (Å²) in [5.41, 5.74) is 6.31. The van der Waals surface area contributed by atoms with Crippen molar-refractivity contribution in [3.63, 3.8) is 0 Å². The van der Waals surface area contributed by atoms with Crippen LogP contribution in [0.3, 0.4) is 0 Å². The zero-order valence-electron chi connectivity index (χ0n) is 6.77. The molecule has 13 heavy (non-hydrogen) atoms. The van der Waals surface area contributed by atoms with Crippen molar-refractivity contribution in [2.24, 2.45) is 0 Å². The molecule has 0 bridgehead atoms. The van der Waals surface area contributed by atoms with Gasteiger partial charge in [0, 0.05) is 5.39 Å². The van der Waals surface area contributed by atoms with Crippen molar-refractivity contribution in [2.75, 3.05) is 5.73 Å². The Morgan fingerprint density at radius 1 is 1.23 bits per heavy atom. The molecule has 2 aromatic rings. The molecule has 0 radical (unpaired) electrons. The average Bonchev–Trinajstić information content (AvgIpc) is 2.18. The summed E-state index contributed by atoms with van der Waals surface area (Å²) in [6, 6.07) is 7.30. The molecule has 0 aliphatic carbocycles. The summed E-state index contributed by atoms with van der Waals surface area (Å²) < 4.78 is 0. The third kappa shape index (κ3) is 1.22. The number of aromatic nitrogens is 2. The Balaban J connectivity index is 2.84. The lowest BCUT2D eigenvalue weighted by molar-refractivity contribution is 0.111. The molecule has 0 spiro atoms. The van der Waals surface area contributed by atoms with Crippen LogP contribution in [0.2, 0.25) is 0 Å². The Morgan fingerprint density at radius 3 is 2.77 bits per heavy atom. The predicted molar refractivity (Wildman–Crippen MR) is 49.3 cm³/mol. The van der Waals surface area contributed by atoms with E-state index in [1.807, 2.05) is 18.2 Å². The summed E-state index contributed by atoms with van der Waals surface area (Å²) in [6.45, 7) is 0. The number of fused-ring (bicyclic) bond motifs is 1. The number of nitrogens with zero attached hydrogens (tertiary/aromatic N) is 2. The lowest BCUT2D eigenvalue weighted by Crippen LogP contribution is -1.99. The SMILES string of the molecule is Nc1nc(C=O)nc2ccccc12.